The average Bonchev–Trinajstić information content (AvgIpc) is 3.16. The van der Waals surface area contributed by atoms with E-state index in [1.54, 1.807) is 29.2 Å². The molecule has 2 heterocycles. The van der Waals surface area contributed by atoms with Gasteiger partial charge in [-0.15, -0.1) is 11.3 Å². The molecule has 0 saturated heterocycles. The number of hydrogen-bond acceptors (Lipinski definition) is 5. The van der Waals surface area contributed by atoms with E-state index in [9.17, 15) is 4.79 Å². The zero-order chi connectivity index (χ0) is 16.7. The summed E-state index contributed by atoms with van der Waals surface area (Å²) < 4.78 is 6.79. The summed E-state index contributed by atoms with van der Waals surface area (Å²) in [5.41, 5.74) is 0.882. The Kier molecular flexibility index (Phi) is 6.54. The first-order valence-electron chi connectivity index (χ1n) is 7.66. The quantitative estimate of drug-likeness (QED) is 0.726. The molecule has 0 bridgehead atoms. The largest absolute Gasteiger partial charge is 0.385 e. The summed E-state index contributed by atoms with van der Waals surface area (Å²) in [7, 11) is 1.67. The molecule has 23 heavy (non-hydrogen) atoms. The summed E-state index contributed by atoms with van der Waals surface area (Å²) in [6.07, 6.45) is 3.62. The van der Waals surface area contributed by atoms with Crippen molar-refractivity contribution in [2.24, 2.45) is 0 Å². The van der Waals surface area contributed by atoms with Crippen molar-refractivity contribution in [2.45, 2.75) is 39.3 Å². The number of rotatable bonds is 8. The highest BCUT2D eigenvalue weighted by Crippen LogP contribution is 2.17. The minimum atomic E-state index is -0.286. The number of aromatic nitrogens is 3. The lowest BCUT2D eigenvalue weighted by Crippen LogP contribution is -2.31. The van der Waals surface area contributed by atoms with Gasteiger partial charge in [0.05, 0.1) is 16.7 Å². The maximum Gasteiger partial charge on any atom is 0.320 e. The Hall–Kier alpha value is -1.93. The van der Waals surface area contributed by atoms with Gasteiger partial charge < -0.3 is 10.1 Å². The number of urea groups is 1. The molecule has 1 atom stereocenters. The van der Waals surface area contributed by atoms with E-state index in [4.69, 9.17) is 4.74 Å². The molecule has 0 aliphatic rings. The topological polar surface area (TPSA) is 81.1 Å². The van der Waals surface area contributed by atoms with Crippen LogP contribution in [-0.4, -0.2) is 34.5 Å². The summed E-state index contributed by atoms with van der Waals surface area (Å²) in [5, 5.41) is 13.0. The third-order valence-electron chi connectivity index (χ3n) is 3.28. The van der Waals surface area contributed by atoms with E-state index in [0.717, 1.165) is 30.1 Å². The fraction of sp³-hybridized carbons (Fsp3) is 0.533. The molecular weight excluding hydrogens is 314 g/mol. The van der Waals surface area contributed by atoms with Crippen LogP contribution in [0.4, 0.5) is 10.6 Å². The molecule has 2 amide bonds. The van der Waals surface area contributed by atoms with E-state index < -0.39 is 0 Å². The Labute approximate surface area is 140 Å². The summed E-state index contributed by atoms with van der Waals surface area (Å²) in [6.45, 7) is 5.42. The van der Waals surface area contributed by atoms with Crippen molar-refractivity contribution in [3.05, 3.63) is 28.3 Å². The van der Waals surface area contributed by atoms with Gasteiger partial charge in [-0.1, -0.05) is 6.92 Å². The fourth-order valence-corrected chi connectivity index (χ4v) is 2.87. The maximum absolute atomic E-state index is 12.0. The van der Waals surface area contributed by atoms with E-state index >= 15 is 0 Å². The first-order chi connectivity index (χ1) is 11.1. The van der Waals surface area contributed by atoms with Crippen molar-refractivity contribution in [1.82, 2.24) is 20.1 Å². The van der Waals surface area contributed by atoms with Crippen molar-refractivity contribution in [1.29, 1.82) is 0 Å². The number of methoxy groups -OCH3 is 1. The highest BCUT2D eigenvalue weighted by molar-refractivity contribution is 7.09. The molecule has 2 rings (SSSR count). The van der Waals surface area contributed by atoms with Crippen LogP contribution in [-0.2, 0) is 17.7 Å². The second-order valence-electron chi connectivity index (χ2n) is 5.15. The Bertz CT molecular complexity index is 625. The van der Waals surface area contributed by atoms with Crippen LogP contribution in [0, 0.1) is 0 Å². The molecule has 0 unspecified atom stereocenters. The Balaban J connectivity index is 1.82. The van der Waals surface area contributed by atoms with Crippen LogP contribution < -0.4 is 10.6 Å². The van der Waals surface area contributed by atoms with Gasteiger partial charge in [0.15, 0.2) is 5.82 Å². The third-order valence-corrected chi connectivity index (χ3v) is 4.29. The number of nitrogens with one attached hydrogen (secondary N) is 2. The molecule has 2 N–H and O–H groups in total. The van der Waals surface area contributed by atoms with Gasteiger partial charge in [-0.3, -0.25) is 10.00 Å². The van der Waals surface area contributed by atoms with E-state index in [2.05, 4.69) is 27.6 Å². The number of hydrogen-bond donors (Lipinski definition) is 2. The molecule has 2 aromatic rings. The molecular formula is C15H23N5O2S. The molecule has 7 nitrogen and oxygen atoms in total. The van der Waals surface area contributed by atoms with Crippen molar-refractivity contribution in [3.63, 3.8) is 0 Å². The second-order valence-corrected chi connectivity index (χ2v) is 6.09. The SMILES string of the molecule is CCc1nc([C@@H](C)NC(=O)Nc2ccn(CCCOC)n2)cs1. The Morgan fingerprint density at radius 2 is 2.35 bits per heavy atom. The predicted octanol–water partition coefficient (Wildman–Crippen LogP) is 2.82. The van der Waals surface area contributed by atoms with Gasteiger partial charge in [0.1, 0.15) is 0 Å². The number of ether oxygens (including phenoxy) is 1. The van der Waals surface area contributed by atoms with Gasteiger partial charge in [0.25, 0.3) is 0 Å². The number of anilines is 1. The van der Waals surface area contributed by atoms with Crippen LogP contribution >= 0.6 is 11.3 Å². The molecule has 0 aliphatic heterocycles. The number of aryl methyl sites for hydroxylation is 2. The number of amides is 2. The first kappa shape index (κ1) is 17.4. The van der Waals surface area contributed by atoms with Crippen LogP contribution in [0.3, 0.4) is 0 Å². The molecule has 126 valence electrons. The monoisotopic (exact) mass is 337 g/mol. The summed E-state index contributed by atoms with van der Waals surface area (Å²) in [5.74, 6) is 0.527. The number of nitrogens with zero attached hydrogens (tertiary/aromatic N) is 3. The van der Waals surface area contributed by atoms with Gasteiger partial charge in [0.2, 0.25) is 0 Å². The minimum absolute atomic E-state index is 0.143. The van der Waals surface area contributed by atoms with Gasteiger partial charge in [-0.2, -0.15) is 5.10 Å². The lowest BCUT2D eigenvalue weighted by Gasteiger charge is -2.11. The van der Waals surface area contributed by atoms with Gasteiger partial charge >= 0.3 is 6.03 Å². The van der Waals surface area contributed by atoms with Crippen LogP contribution in [0.1, 0.15) is 37.0 Å². The molecule has 0 radical (unpaired) electrons. The zero-order valence-corrected chi connectivity index (χ0v) is 14.5. The zero-order valence-electron chi connectivity index (χ0n) is 13.7. The predicted molar refractivity (Wildman–Crippen MR) is 90.8 cm³/mol. The van der Waals surface area contributed by atoms with Crippen molar-refractivity contribution in [2.75, 3.05) is 19.0 Å². The molecule has 0 saturated carbocycles. The summed E-state index contributed by atoms with van der Waals surface area (Å²) in [6, 6.07) is 1.34. The number of thiazole rings is 1. The van der Waals surface area contributed by atoms with E-state index in [-0.39, 0.29) is 12.1 Å². The van der Waals surface area contributed by atoms with Crippen LogP contribution in [0.15, 0.2) is 17.6 Å². The molecule has 8 heteroatoms. The van der Waals surface area contributed by atoms with E-state index in [1.807, 2.05) is 18.5 Å². The number of carbonyl (C=O) groups is 1. The smallest absolute Gasteiger partial charge is 0.320 e. The van der Waals surface area contributed by atoms with Gasteiger partial charge in [-0.05, 0) is 19.8 Å². The summed E-state index contributed by atoms with van der Waals surface area (Å²) >= 11 is 1.61. The molecule has 0 spiro atoms. The fourth-order valence-electron chi connectivity index (χ4n) is 2.03. The number of carbonyl (C=O) groups excluding carboxylic acids is 1. The van der Waals surface area contributed by atoms with Crippen molar-refractivity contribution in [3.8, 4) is 0 Å². The van der Waals surface area contributed by atoms with Crippen LogP contribution in [0.2, 0.25) is 0 Å². The van der Waals surface area contributed by atoms with Crippen molar-refractivity contribution < 1.29 is 9.53 Å². The molecule has 0 aliphatic carbocycles. The summed E-state index contributed by atoms with van der Waals surface area (Å²) in [4.78, 5) is 16.5. The molecule has 0 fully saturated rings. The Morgan fingerprint density at radius 3 is 3.04 bits per heavy atom. The van der Waals surface area contributed by atoms with Crippen LogP contribution in [0.25, 0.3) is 0 Å². The Morgan fingerprint density at radius 1 is 1.52 bits per heavy atom. The minimum Gasteiger partial charge on any atom is -0.385 e. The maximum atomic E-state index is 12.0. The van der Waals surface area contributed by atoms with Crippen molar-refractivity contribution >= 4 is 23.2 Å². The van der Waals surface area contributed by atoms with E-state index in [1.165, 1.54) is 0 Å². The highest BCUT2D eigenvalue weighted by atomic mass is 32.1. The lowest BCUT2D eigenvalue weighted by molar-refractivity contribution is 0.189. The van der Waals surface area contributed by atoms with Crippen LogP contribution in [0.5, 0.6) is 0 Å². The molecule has 0 aromatic carbocycles. The first-order valence-corrected chi connectivity index (χ1v) is 8.54. The molecule has 2 aromatic heterocycles. The standard InChI is InChI=1S/C15H23N5O2S/c1-4-14-17-12(10-23-14)11(2)16-15(21)18-13-6-8-20(19-13)7-5-9-22-3/h6,8,10-11H,4-5,7,9H2,1-3H3,(H2,16,18,19,21)/t11-/m1/s1. The highest BCUT2D eigenvalue weighted by Gasteiger charge is 2.13. The normalized spacial score (nSPS) is 12.1. The second kappa shape index (κ2) is 8.64. The average molecular weight is 337 g/mol. The van der Waals surface area contributed by atoms with Gasteiger partial charge in [-0.25, -0.2) is 9.78 Å². The van der Waals surface area contributed by atoms with E-state index in [0.29, 0.717) is 12.4 Å². The lowest BCUT2D eigenvalue weighted by atomic mass is 10.3. The van der Waals surface area contributed by atoms with Gasteiger partial charge in [0, 0.05) is 37.9 Å². The third kappa shape index (κ3) is 5.33.